The van der Waals surface area contributed by atoms with Crippen molar-refractivity contribution >= 4 is 33.1 Å². The fourth-order valence-electron chi connectivity index (χ4n) is 3.99. The minimum atomic E-state index is 0. The molecule has 6 rings (SSSR count). The van der Waals surface area contributed by atoms with Gasteiger partial charge in [-0.1, -0.05) is 65.1 Å². The summed E-state index contributed by atoms with van der Waals surface area (Å²) in [6.45, 7) is 3.91. The third-order valence-electron chi connectivity index (χ3n) is 5.80. The second-order valence-electron chi connectivity index (χ2n) is 8.19. The fraction of sp³-hybridized carbons (Fsp3) is 0.0667. The average Bonchev–Trinajstić information content (AvgIpc) is 2.94. The van der Waals surface area contributed by atoms with E-state index in [0.29, 0.717) is 5.15 Å². The molecular formula is C30H25ClN6Y2-2. The molecule has 0 aliphatic heterocycles. The van der Waals surface area contributed by atoms with E-state index in [1.54, 1.807) is 24.8 Å². The Morgan fingerprint density at radius 3 is 1.46 bits per heavy atom. The maximum absolute atomic E-state index is 6.05. The zero-order valence-corrected chi connectivity index (χ0v) is 28.0. The van der Waals surface area contributed by atoms with Gasteiger partial charge in [-0.2, -0.15) is 15.3 Å². The van der Waals surface area contributed by atoms with E-state index < -0.39 is 0 Å². The molecule has 4 aromatic heterocycles. The Hall–Kier alpha value is -2.21. The van der Waals surface area contributed by atoms with Crippen molar-refractivity contribution in [2.45, 2.75) is 12.8 Å². The molecule has 0 saturated heterocycles. The predicted octanol–water partition coefficient (Wildman–Crippen LogP) is 6.51. The van der Waals surface area contributed by atoms with Crippen LogP contribution in [0.2, 0.25) is 5.15 Å². The summed E-state index contributed by atoms with van der Waals surface area (Å²) in [7, 11) is 0. The first kappa shape index (κ1) is 33.0. The largest absolute Gasteiger partial charge is 0.358 e. The molecule has 0 aliphatic rings. The summed E-state index contributed by atoms with van der Waals surface area (Å²) in [6.07, 6.45) is 8.63. The molecule has 0 atom stereocenters. The van der Waals surface area contributed by atoms with Gasteiger partial charge in [0.05, 0.1) is 11.4 Å². The van der Waals surface area contributed by atoms with Crippen molar-refractivity contribution in [3.05, 3.63) is 145 Å². The molecule has 6 nitrogen and oxygen atoms in total. The molecule has 4 heterocycles. The number of pyridine rings is 2. The van der Waals surface area contributed by atoms with E-state index >= 15 is 0 Å². The number of hydrogen-bond acceptors (Lipinski definition) is 6. The molecule has 0 unspecified atom stereocenters. The molecule has 0 bridgehead atoms. The second kappa shape index (κ2) is 16.1. The summed E-state index contributed by atoms with van der Waals surface area (Å²) in [5.74, 6) is 0. The van der Waals surface area contributed by atoms with Crippen LogP contribution in [0.4, 0.5) is 0 Å². The molecule has 0 saturated carbocycles. The van der Waals surface area contributed by atoms with Gasteiger partial charge in [-0.15, -0.1) is 16.6 Å². The number of hydrogen-bond donors (Lipinski definition) is 0. The van der Waals surface area contributed by atoms with Crippen LogP contribution in [0.5, 0.6) is 0 Å². The van der Waals surface area contributed by atoms with Crippen LogP contribution in [0.1, 0.15) is 28.2 Å². The van der Waals surface area contributed by atoms with E-state index in [0.717, 1.165) is 57.0 Å². The number of nitrogens with zero attached hydrogens (tertiary/aromatic N) is 6. The second-order valence-corrected chi connectivity index (χ2v) is 8.54. The van der Waals surface area contributed by atoms with Crippen molar-refractivity contribution in [3.8, 4) is 0 Å². The van der Waals surface area contributed by atoms with Gasteiger partial charge in [-0.3, -0.25) is 9.97 Å². The SMILES string of the molecule is Clc1nnc(Cc2ccncc2)c2ccccc12.[CH2-]c1nnc(Cc2ccncc2)c2ccccc12.[CH3-].[Y].[Y]. The summed E-state index contributed by atoms with van der Waals surface area (Å²) in [5.41, 5.74) is 4.97. The van der Waals surface area contributed by atoms with Crippen LogP contribution in [0.15, 0.2) is 97.6 Å². The van der Waals surface area contributed by atoms with Gasteiger partial charge in [0, 0.05) is 114 Å². The van der Waals surface area contributed by atoms with Gasteiger partial charge in [-0.25, -0.2) is 6.92 Å². The maximum atomic E-state index is 6.05. The van der Waals surface area contributed by atoms with E-state index in [2.05, 4.69) is 43.4 Å². The number of aromatic nitrogens is 6. The van der Waals surface area contributed by atoms with Crippen LogP contribution in [-0.4, -0.2) is 30.4 Å². The Kier molecular flexibility index (Phi) is 13.7. The van der Waals surface area contributed by atoms with E-state index in [1.165, 1.54) is 5.56 Å². The number of halogens is 1. The van der Waals surface area contributed by atoms with E-state index in [-0.39, 0.29) is 72.8 Å². The average molecular weight is 683 g/mol. The van der Waals surface area contributed by atoms with Crippen molar-refractivity contribution in [3.63, 3.8) is 0 Å². The Labute approximate surface area is 284 Å². The van der Waals surface area contributed by atoms with Gasteiger partial charge in [0.1, 0.15) is 0 Å². The molecule has 0 fully saturated rings. The van der Waals surface area contributed by atoms with Gasteiger partial charge in [-0.05, 0) is 35.4 Å². The van der Waals surface area contributed by atoms with E-state index in [4.69, 9.17) is 11.6 Å². The van der Waals surface area contributed by atoms with Crippen LogP contribution in [-0.2, 0) is 78.3 Å². The summed E-state index contributed by atoms with van der Waals surface area (Å²) < 4.78 is 0. The molecule has 0 N–H and O–H groups in total. The molecular weight excluding hydrogens is 658 g/mol. The quantitative estimate of drug-likeness (QED) is 0.198. The fourth-order valence-corrected chi connectivity index (χ4v) is 4.19. The first-order valence-electron chi connectivity index (χ1n) is 11.4. The van der Waals surface area contributed by atoms with Gasteiger partial charge in [0.2, 0.25) is 0 Å². The van der Waals surface area contributed by atoms with Gasteiger partial charge < -0.3 is 7.43 Å². The van der Waals surface area contributed by atoms with Crippen LogP contribution in [0.3, 0.4) is 0 Å². The van der Waals surface area contributed by atoms with Crippen molar-refractivity contribution in [1.82, 2.24) is 30.4 Å². The summed E-state index contributed by atoms with van der Waals surface area (Å²) in [4.78, 5) is 8.02. The molecule has 0 spiro atoms. The number of fused-ring (bicyclic) bond motifs is 2. The van der Waals surface area contributed by atoms with Crippen molar-refractivity contribution in [1.29, 1.82) is 0 Å². The van der Waals surface area contributed by atoms with Gasteiger partial charge >= 0.3 is 0 Å². The zero-order chi connectivity index (χ0) is 24.7. The number of rotatable bonds is 4. The first-order chi connectivity index (χ1) is 17.7. The van der Waals surface area contributed by atoms with E-state index in [1.807, 2.05) is 66.7 Å². The molecule has 0 amide bonds. The van der Waals surface area contributed by atoms with Gasteiger partial charge in [0.15, 0.2) is 5.15 Å². The van der Waals surface area contributed by atoms with Crippen LogP contribution in [0, 0.1) is 14.4 Å². The summed E-state index contributed by atoms with van der Waals surface area (Å²) in [6, 6.07) is 24.0. The molecule has 39 heavy (non-hydrogen) atoms. The zero-order valence-electron chi connectivity index (χ0n) is 21.6. The van der Waals surface area contributed by atoms with Crippen LogP contribution < -0.4 is 0 Å². The van der Waals surface area contributed by atoms with Gasteiger partial charge in [0.25, 0.3) is 0 Å². The molecule has 0 aliphatic carbocycles. The minimum absolute atomic E-state index is 0. The standard InChI is InChI=1S/C15H12N3.C14H10ClN3.CH3.2Y/c1-11-13-4-2-3-5-14(13)15(18-17-11)10-12-6-8-16-9-7-12;15-14-12-4-2-1-3-11(12)13(17-18-14)9-10-5-7-16-8-6-10;;;/h2-9H,1,10H2;1-8H,9H2;1H3;;/q-1;;-1;;. The summed E-state index contributed by atoms with van der Waals surface area (Å²) in [5, 5.41) is 21.2. The number of benzene rings is 2. The van der Waals surface area contributed by atoms with E-state index in [9.17, 15) is 0 Å². The van der Waals surface area contributed by atoms with Crippen molar-refractivity contribution < 1.29 is 65.4 Å². The monoisotopic (exact) mass is 682 g/mol. The Morgan fingerprint density at radius 2 is 0.949 bits per heavy atom. The Balaban J connectivity index is 0.000000254. The normalized spacial score (nSPS) is 9.87. The molecule has 2 aromatic carbocycles. The minimum Gasteiger partial charge on any atom is -0.358 e. The Morgan fingerprint density at radius 1 is 0.538 bits per heavy atom. The third-order valence-corrected chi connectivity index (χ3v) is 6.08. The van der Waals surface area contributed by atoms with Crippen molar-refractivity contribution in [2.75, 3.05) is 0 Å². The smallest absolute Gasteiger partial charge is 0.159 e. The van der Waals surface area contributed by atoms with Crippen LogP contribution >= 0.6 is 11.6 Å². The topological polar surface area (TPSA) is 77.3 Å². The van der Waals surface area contributed by atoms with Crippen LogP contribution in [0.25, 0.3) is 21.5 Å². The summed E-state index contributed by atoms with van der Waals surface area (Å²) >= 11 is 6.05. The Bertz CT molecular complexity index is 1500. The predicted molar refractivity (Wildman–Crippen MR) is 149 cm³/mol. The first-order valence-corrected chi connectivity index (χ1v) is 11.8. The molecule has 9 heteroatoms. The third kappa shape index (κ3) is 8.39. The van der Waals surface area contributed by atoms with Crippen molar-refractivity contribution in [2.24, 2.45) is 0 Å². The molecule has 2 radical (unpaired) electrons. The molecule has 190 valence electrons. The molecule has 6 aromatic rings. The maximum Gasteiger partial charge on any atom is 0.159 e.